The van der Waals surface area contributed by atoms with E-state index in [1.807, 2.05) is 37.3 Å². The van der Waals surface area contributed by atoms with Crippen molar-refractivity contribution in [2.24, 2.45) is 0 Å². The van der Waals surface area contributed by atoms with Crippen LogP contribution in [0.2, 0.25) is 0 Å². The normalized spacial score (nSPS) is 10.4. The quantitative estimate of drug-likeness (QED) is 0.710. The summed E-state index contributed by atoms with van der Waals surface area (Å²) in [5.74, 6) is 0.479. The number of aryl methyl sites for hydroxylation is 2. The molecule has 0 amide bonds. The van der Waals surface area contributed by atoms with Crippen molar-refractivity contribution in [3.05, 3.63) is 71.5 Å². The fourth-order valence-corrected chi connectivity index (χ4v) is 2.62. The van der Waals surface area contributed by atoms with Crippen LogP contribution in [0.3, 0.4) is 0 Å². The molecule has 0 fully saturated rings. The van der Waals surface area contributed by atoms with Crippen molar-refractivity contribution in [2.45, 2.75) is 20.4 Å². The maximum Gasteiger partial charge on any atom is 0.248 e. The van der Waals surface area contributed by atoms with Crippen molar-refractivity contribution in [2.75, 3.05) is 10.6 Å². The molecule has 0 spiro atoms. The van der Waals surface area contributed by atoms with Gasteiger partial charge in [0.1, 0.15) is 6.33 Å². The van der Waals surface area contributed by atoms with E-state index in [0.29, 0.717) is 17.6 Å². The number of thiocarbonyl (C=S) groups is 1. The molecule has 0 atom stereocenters. The maximum atomic E-state index is 5.31. The lowest BCUT2D eigenvalue weighted by molar-refractivity contribution is 0.687. The molecule has 1 aromatic heterocycles. The summed E-state index contributed by atoms with van der Waals surface area (Å²) in [5.41, 5.74) is 4.52. The molecule has 122 valence electrons. The van der Waals surface area contributed by atoms with Gasteiger partial charge in [-0.3, -0.25) is 5.32 Å². The number of hydrogen-bond donors (Lipinski definition) is 2. The minimum atomic E-state index is 0.467. The highest BCUT2D eigenvalue weighted by Crippen LogP contribution is 2.10. The molecule has 2 aromatic carbocycles. The molecular formula is C18H19N5S. The summed E-state index contributed by atoms with van der Waals surface area (Å²) in [6.07, 6.45) is 1.69. The highest BCUT2D eigenvalue weighted by Gasteiger charge is 2.05. The number of rotatable bonds is 4. The van der Waals surface area contributed by atoms with E-state index in [2.05, 4.69) is 45.8 Å². The van der Waals surface area contributed by atoms with E-state index >= 15 is 0 Å². The summed E-state index contributed by atoms with van der Waals surface area (Å²) in [7, 11) is 0. The molecule has 3 rings (SSSR count). The van der Waals surface area contributed by atoms with Crippen LogP contribution >= 0.6 is 12.2 Å². The Hall–Kier alpha value is -2.73. The molecule has 5 nitrogen and oxygen atoms in total. The van der Waals surface area contributed by atoms with Gasteiger partial charge in [0, 0.05) is 5.69 Å². The van der Waals surface area contributed by atoms with Gasteiger partial charge >= 0.3 is 0 Å². The predicted molar refractivity (Wildman–Crippen MR) is 101 cm³/mol. The van der Waals surface area contributed by atoms with Crippen molar-refractivity contribution in [1.29, 1.82) is 0 Å². The largest absolute Gasteiger partial charge is 0.332 e. The first kappa shape index (κ1) is 16.1. The van der Waals surface area contributed by atoms with Crippen molar-refractivity contribution in [3.63, 3.8) is 0 Å². The third kappa shape index (κ3) is 4.39. The number of anilines is 2. The molecule has 0 radical (unpaired) electrons. The number of nitrogens with zero attached hydrogens (tertiary/aromatic N) is 3. The summed E-state index contributed by atoms with van der Waals surface area (Å²) >= 11 is 5.31. The first-order valence-corrected chi connectivity index (χ1v) is 8.09. The molecule has 6 heteroatoms. The predicted octanol–water partition coefficient (Wildman–Crippen LogP) is 3.75. The standard InChI is InChI=1S/C18H19N5S/c1-13-5-3-7-15(9-13)11-23-12-19-17(22-23)21-18(24)20-16-8-4-6-14(2)10-16/h3-10,12H,11H2,1-2H3,(H2,20,21,22,24). The Morgan fingerprint density at radius 1 is 1.04 bits per heavy atom. The van der Waals surface area contributed by atoms with Crippen LogP contribution in [-0.2, 0) is 6.54 Å². The maximum absolute atomic E-state index is 5.31. The van der Waals surface area contributed by atoms with E-state index in [9.17, 15) is 0 Å². The van der Waals surface area contributed by atoms with Gasteiger partial charge < -0.3 is 5.32 Å². The zero-order valence-electron chi connectivity index (χ0n) is 13.7. The molecule has 0 aliphatic rings. The third-order valence-corrected chi connectivity index (χ3v) is 3.67. The zero-order valence-corrected chi connectivity index (χ0v) is 14.5. The zero-order chi connectivity index (χ0) is 16.9. The minimum Gasteiger partial charge on any atom is -0.332 e. The van der Waals surface area contributed by atoms with Crippen molar-refractivity contribution >= 4 is 29.0 Å². The lowest BCUT2D eigenvalue weighted by atomic mass is 10.1. The first-order chi connectivity index (χ1) is 11.6. The molecule has 0 aliphatic heterocycles. The Kier molecular flexibility index (Phi) is 4.86. The average Bonchev–Trinajstić information content (AvgIpc) is 2.94. The van der Waals surface area contributed by atoms with Crippen LogP contribution in [0.1, 0.15) is 16.7 Å². The van der Waals surface area contributed by atoms with E-state index < -0.39 is 0 Å². The van der Waals surface area contributed by atoms with Gasteiger partial charge in [-0.1, -0.05) is 42.0 Å². The Labute approximate surface area is 146 Å². The van der Waals surface area contributed by atoms with E-state index in [4.69, 9.17) is 12.2 Å². The molecule has 0 saturated heterocycles. The molecule has 0 aliphatic carbocycles. The lowest BCUT2D eigenvalue weighted by Crippen LogP contribution is -2.20. The van der Waals surface area contributed by atoms with Gasteiger partial charge in [-0.05, 0) is 49.3 Å². The molecule has 0 unspecified atom stereocenters. The highest BCUT2D eigenvalue weighted by atomic mass is 32.1. The summed E-state index contributed by atoms with van der Waals surface area (Å²) in [6, 6.07) is 16.3. The minimum absolute atomic E-state index is 0.467. The van der Waals surface area contributed by atoms with Crippen LogP contribution in [0.5, 0.6) is 0 Å². The second-order valence-electron chi connectivity index (χ2n) is 5.70. The van der Waals surface area contributed by atoms with E-state index in [1.54, 1.807) is 11.0 Å². The van der Waals surface area contributed by atoms with Gasteiger partial charge in [0.25, 0.3) is 0 Å². The number of aromatic nitrogens is 3. The summed E-state index contributed by atoms with van der Waals surface area (Å²) in [4.78, 5) is 4.25. The Morgan fingerprint density at radius 3 is 2.54 bits per heavy atom. The van der Waals surface area contributed by atoms with E-state index in [0.717, 1.165) is 5.69 Å². The topological polar surface area (TPSA) is 54.8 Å². The molecule has 3 aromatic rings. The molecule has 0 bridgehead atoms. The molecule has 24 heavy (non-hydrogen) atoms. The van der Waals surface area contributed by atoms with Crippen molar-refractivity contribution in [3.8, 4) is 0 Å². The van der Waals surface area contributed by atoms with Crippen LogP contribution < -0.4 is 10.6 Å². The van der Waals surface area contributed by atoms with Crippen LogP contribution in [0.4, 0.5) is 11.6 Å². The lowest BCUT2D eigenvalue weighted by Gasteiger charge is -2.08. The molecular weight excluding hydrogens is 318 g/mol. The van der Waals surface area contributed by atoms with Gasteiger partial charge in [0.05, 0.1) is 6.54 Å². The van der Waals surface area contributed by atoms with E-state index in [1.165, 1.54) is 16.7 Å². The molecule has 0 saturated carbocycles. The number of benzene rings is 2. The summed E-state index contributed by atoms with van der Waals surface area (Å²) in [6.45, 7) is 4.79. The fourth-order valence-electron chi connectivity index (χ4n) is 2.41. The van der Waals surface area contributed by atoms with Gasteiger partial charge in [-0.2, -0.15) is 0 Å². The van der Waals surface area contributed by atoms with Gasteiger partial charge in [-0.25, -0.2) is 9.67 Å². The second kappa shape index (κ2) is 7.23. The smallest absolute Gasteiger partial charge is 0.248 e. The van der Waals surface area contributed by atoms with Gasteiger partial charge in [0.2, 0.25) is 5.95 Å². The summed E-state index contributed by atoms with van der Waals surface area (Å²) in [5, 5.41) is 11.0. The second-order valence-corrected chi connectivity index (χ2v) is 6.11. The highest BCUT2D eigenvalue weighted by molar-refractivity contribution is 7.80. The molecule has 1 heterocycles. The monoisotopic (exact) mass is 337 g/mol. The third-order valence-electron chi connectivity index (χ3n) is 3.46. The van der Waals surface area contributed by atoms with Crippen LogP contribution in [0, 0.1) is 13.8 Å². The van der Waals surface area contributed by atoms with Crippen molar-refractivity contribution in [1.82, 2.24) is 14.8 Å². The Balaban J connectivity index is 1.60. The first-order valence-electron chi connectivity index (χ1n) is 7.68. The molecule has 2 N–H and O–H groups in total. The fraction of sp³-hybridized carbons (Fsp3) is 0.167. The number of nitrogens with one attached hydrogen (secondary N) is 2. The van der Waals surface area contributed by atoms with Crippen LogP contribution in [-0.4, -0.2) is 19.9 Å². The van der Waals surface area contributed by atoms with Crippen LogP contribution in [0.15, 0.2) is 54.9 Å². The average molecular weight is 337 g/mol. The Morgan fingerprint density at radius 2 is 1.79 bits per heavy atom. The Bertz CT molecular complexity index is 856. The summed E-state index contributed by atoms with van der Waals surface area (Å²) < 4.78 is 1.78. The van der Waals surface area contributed by atoms with Crippen LogP contribution in [0.25, 0.3) is 0 Å². The van der Waals surface area contributed by atoms with Crippen molar-refractivity contribution < 1.29 is 0 Å². The van der Waals surface area contributed by atoms with E-state index in [-0.39, 0.29) is 0 Å². The van der Waals surface area contributed by atoms with Gasteiger partial charge in [-0.15, -0.1) is 5.10 Å². The number of hydrogen-bond acceptors (Lipinski definition) is 3. The SMILES string of the molecule is Cc1cccc(Cn2cnc(NC(=S)Nc3cccc(C)c3)n2)c1. The van der Waals surface area contributed by atoms with Gasteiger partial charge in [0.15, 0.2) is 5.11 Å².